The molecule has 32 heavy (non-hydrogen) atoms. The van der Waals surface area contributed by atoms with Crippen molar-refractivity contribution in [3.05, 3.63) is 11.6 Å². The van der Waals surface area contributed by atoms with E-state index in [9.17, 15) is 19.6 Å². The average Bonchev–Trinajstić information content (AvgIpc) is 2.68. The molecule has 0 aliphatic heterocycles. The molecule has 0 saturated heterocycles. The maximum Gasteiger partial charge on any atom is 0.475 e. The molecule has 0 saturated carbocycles. The van der Waals surface area contributed by atoms with Crippen molar-refractivity contribution in [2.45, 2.75) is 85.1 Å². The fourth-order valence-electron chi connectivity index (χ4n) is 3.25. The second-order valence-electron chi connectivity index (χ2n) is 9.14. The number of carbonyl (C=O) groups excluding carboxylic acids is 2. The molecular formula is C22H44BN5O4. The summed E-state index contributed by atoms with van der Waals surface area (Å²) < 4.78 is 0. The van der Waals surface area contributed by atoms with Crippen molar-refractivity contribution in [2.24, 2.45) is 11.8 Å². The minimum Gasteiger partial charge on any atom is -0.426 e. The van der Waals surface area contributed by atoms with E-state index >= 15 is 0 Å². The Labute approximate surface area is 193 Å². The number of rotatable bonds is 15. The van der Waals surface area contributed by atoms with Crippen molar-refractivity contribution in [1.82, 2.24) is 21.3 Å². The third kappa shape index (κ3) is 14.9. The Kier molecular flexibility index (Phi) is 15.5. The molecule has 0 heterocycles. The second-order valence-corrected chi connectivity index (χ2v) is 9.14. The Bertz CT molecular complexity index is 609. The Morgan fingerprint density at radius 1 is 1.09 bits per heavy atom. The maximum atomic E-state index is 12.9. The summed E-state index contributed by atoms with van der Waals surface area (Å²) in [5.41, 5.74) is 1.25. The molecule has 0 aromatic rings. The molecule has 184 valence electrons. The summed E-state index contributed by atoms with van der Waals surface area (Å²) in [5, 5.41) is 37.8. The van der Waals surface area contributed by atoms with Gasteiger partial charge in [-0.2, -0.15) is 0 Å². The van der Waals surface area contributed by atoms with E-state index in [1.807, 2.05) is 34.6 Å². The van der Waals surface area contributed by atoms with Crippen molar-refractivity contribution in [2.75, 3.05) is 13.6 Å². The largest absolute Gasteiger partial charge is 0.475 e. The minimum absolute atomic E-state index is 0.161. The first kappa shape index (κ1) is 29.9. The number of hydrogen-bond acceptors (Lipinski definition) is 5. The van der Waals surface area contributed by atoms with Crippen LogP contribution in [0.1, 0.15) is 73.1 Å². The molecule has 0 aliphatic carbocycles. The van der Waals surface area contributed by atoms with E-state index in [1.165, 1.54) is 5.57 Å². The minimum atomic E-state index is -1.68. The fourth-order valence-corrected chi connectivity index (χ4v) is 3.25. The zero-order chi connectivity index (χ0) is 24.7. The number of nitrogens with one attached hydrogen (secondary N) is 5. The quantitative estimate of drug-likeness (QED) is 0.0654. The van der Waals surface area contributed by atoms with Crippen LogP contribution in [0, 0.1) is 17.2 Å². The molecule has 9 nitrogen and oxygen atoms in total. The summed E-state index contributed by atoms with van der Waals surface area (Å²) in [4.78, 5) is 25.4. The number of carbonyl (C=O) groups is 2. The second kappa shape index (κ2) is 16.6. The maximum absolute atomic E-state index is 12.9. The summed E-state index contributed by atoms with van der Waals surface area (Å²) in [7, 11) is -0.0369. The lowest BCUT2D eigenvalue weighted by Crippen LogP contribution is -2.54. The molecule has 7 N–H and O–H groups in total. The molecule has 0 aromatic heterocycles. The van der Waals surface area contributed by atoms with Crippen LogP contribution in [0.15, 0.2) is 11.6 Å². The number of amides is 2. The molecule has 3 atom stereocenters. The average molecular weight is 453 g/mol. The SMILES string of the molecule is CNC(=N)NCCC[C@H](NC(=O)C[C@H](C)CCC=C(C)C)C(=O)N[C@@H](CC(C)C)B(O)O. The van der Waals surface area contributed by atoms with Gasteiger partial charge in [-0.1, -0.05) is 32.4 Å². The highest BCUT2D eigenvalue weighted by Crippen LogP contribution is 2.13. The third-order valence-electron chi connectivity index (χ3n) is 5.03. The van der Waals surface area contributed by atoms with Crippen molar-refractivity contribution >= 4 is 24.9 Å². The van der Waals surface area contributed by atoms with Gasteiger partial charge in [0.2, 0.25) is 11.8 Å². The lowest BCUT2D eigenvalue weighted by Gasteiger charge is -2.24. The predicted molar refractivity (Wildman–Crippen MR) is 130 cm³/mol. The van der Waals surface area contributed by atoms with Gasteiger partial charge in [0.25, 0.3) is 0 Å². The van der Waals surface area contributed by atoms with Crippen LogP contribution in [0.2, 0.25) is 0 Å². The van der Waals surface area contributed by atoms with Gasteiger partial charge < -0.3 is 31.3 Å². The van der Waals surface area contributed by atoms with Gasteiger partial charge in [0.15, 0.2) is 5.96 Å². The molecule has 0 aliphatic rings. The van der Waals surface area contributed by atoms with Crippen LogP contribution in [-0.4, -0.2) is 60.5 Å². The molecule has 2 amide bonds. The summed E-state index contributed by atoms with van der Waals surface area (Å²) >= 11 is 0. The zero-order valence-corrected chi connectivity index (χ0v) is 20.6. The van der Waals surface area contributed by atoms with Crippen LogP contribution in [0.4, 0.5) is 0 Å². The van der Waals surface area contributed by atoms with E-state index in [4.69, 9.17) is 5.41 Å². The van der Waals surface area contributed by atoms with Crippen LogP contribution in [0.5, 0.6) is 0 Å². The first-order valence-corrected chi connectivity index (χ1v) is 11.6. The van der Waals surface area contributed by atoms with E-state index in [-0.39, 0.29) is 23.7 Å². The summed E-state index contributed by atoms with van der Waals surface area (Å²) in [5.74, 6) is -0.913. The number of allylic oxidation sites excluding steroid dienone is 2. The van der Waals surface area contributed by atoms with Crippen molar-refractivity contribution in [3.63, 3.8) is 0 Å². The van der Waals surface area contributed by atoms with E-state index < -0.39 is 25.0 Å². The molecule has 0 radical (unpaired) electrons. The van der Waals surface area contributed by atoms with Crippen molar-refractivity contribution in [1.29, 1.82) is 5.41 Å². The molecule has 0 aromatic carbocycles. The highest BCUT2D eigenvalue weighted by atomic mass is 16.4. The number of hydrogen-bond donors (Lipinski definition) is 7. The Morgan fingerprint density at radius 2 is 1.75 bits per heavy atom. The topological polar surface area (TPSA) is 147 Å². The van der Waals surface area contributed by atoms with E-state index in [2.05, 4.69) is 27.3 Å². The van der Waals surface area contributed by atoms with Crippen molar-refractivity contribution < 1.29 is 19.6 Å². The van der Waals surface area contributed by atoms with Gasteiger partial charge >= 0.3 is 7.12 Å². The summed E-state index contributed by atoms with van der Waals surface area (Å²) in [6.07, 6.45) is 5.59. The Morgan fingerprint density at radius 3 is 2.28 bits per heavy atom. The fraction of sp³-hybridized carbons (Fsp3) is 0.773. The van der Waals surface area contributed by atoms with Gasteiger partial charge in [0, 0.05) is 20.0 Å². The van der Waals surface area contributed by atoms with Crippen molar-refractivity contribution in [3.8, 4) is 0 Å². The molecule has 0 fully saturated rings. The van der Waals surface area contributed by atoms with Gasteiger partial charge in [-0.15, -0.1) is 0 Å². The van der Waals surface area contributed by atoms with E-state index in [0.29, 0.717) is 32.2 Å². The number of guanidine groups is 1. The molecule has 0 spiro atoms. The Balaban J connectivity index is 4.99. The zero-order valence-electron chi connectivity index (χ0n) is 20.6. The van der Waals surface area contributed by atoms with Gasteiger partial charge in [0.1, 0.15) is 6.04 Å². The van der Waals surface area contributed by atoms with Crippen LogP contribution in [0.25, 0.3) is 0 Å². The summed E-state index contributed by atoms with van der Waals surface area (Å²) in [6.45, 7) is 10.4. The predicted octanol–water partition coefficient (Wildman–Crippen LogP) is 1.31. The molecule has 0 rings (SSSR count). The molecule has 0 bridgehead atoms. The Hall–Kier alpha value is -2.07. The van der Waals surface area contributed by atoms with Crippen LogP contribution >= 0.6 is 0 Å². The molecular weight excluding hydrogens is 409 g/mol. The lowest BCUT2D eigenvalue weighted by molar-refractivity contribution is -0.129. The lowest BCUT2D eigenvalue weighted by atomic mass is 9.75. The third-order valence-corrected chi connectivity index (χ3v) is 5.03. The van der Waals surface area contributed by atoms with Gasteiger partial charge in [-0.25, -0.2) is 0 Å². The normalized spacial score (nSPS) is 13.5. The van der Waals surface area contributed by atoms with Gasteiger partial charge in [0.05, 0.1) is 5.94 Å². The van der Waals surface area contributed by atoms with Crippen LogP contribution in [0.3, 0.4) is 0 Å². The molecule has 0 unspecified atom stereocenters. The van der Waals surface area contributed by atoms with E-state index in [0.717, 1.165) is 12.8 Å². The monoisotopic (exact) mass is 453 g/mol. The highest BCUT2D eigenvalue weighted by Gasteiger charge is 2.29. The van der Waals surface area contributed by atoms with Gasteiger partial charge in [-0.05, 0) is 57.8 Å². The highest BCUT2D eigenvalue weighted by molar-refractivity contribution is 6.43. The van der Waals surface area contributed by atoms with Gasteiger partial charge in [-0.3, -0.25) is 15.0 Å². The van der Waals surface area contributed by atoms with Crippen LogP contribution in [-0.2, 0) is 9.59 Å². The summed E-state index contributed by atoms with van der Waals surface area (Å²) in [6, 6.07) is -0.786. The smallest absolute Gasteiger partial charge is 0.426 e. The molecule has 10 heteroatoms. The van der Waals surface area contributed by atoms with Crippen LogP contribution < -0.4 is 21.3 Å². The first-order valence-electron chi connectivity index (χ1n) is 11.6. The standard InChI is InChI=1S/C22H44BN5O4/c1-15(2)9-7-10-17(5)14-20(29)27-18(11-8-12-26-22(24)25-6)21(30)28-19(23(31)32)13-16(3)4/h9,16-19,31-32H,7-8,10-14H2,1-6H3,(H,27,29)(H,28,30)(H3,24,25,26)/t17-,18+,19+/m1/s1. The first-order chi connectivity index (χ1) is 15.0. The van der Waals surface area contributed by atoms with E-state index in [1.54, 1.807) is 7.05 Å².